The predicted molar refractivity (Wildman–Crippen MR) is 125 cm³/mol. The van der Waals surface area contributed by atoms with E-state index in [2.05, 4.69) is 73.2 Å². The molecule has 2 aromatic rings. The van der Waals surface area contributed by atoms with Crippen LogP contribution in [-0.2, 0) is 25.8 Å². The molecule has 1 saturated carbocycles. The van der Waals surface area contributed by atoms with Crippen molar-refractivity contribution in [2.45, 2.75) is 36.4 Å². The van der Waals surface area contributed by atoms with Gasteiger partial charge in [-0.25, -0.2) is 8.42 Å². The van der Waals surface area contributed by atoms with Crippen molar-refractivity contribution < 1.29 is 69.0 Å². The largest absolute Gasteiger partial charge is 0.357 e. The molecule has 38 heavy (non-hydrogen) atoms. The monoisotopic (exact) mass is 824 g/mol. The minimum atomic E-state index is -11.2. The van der Waals surface area contributed by atoms with Crippen LogP contribution in [-0.4, -0.2) is 61.5 Å². The number of Topliss-reactive ketones (excluding diaryl/α,β-unsaturated/α-hetero) is 1. The fourth-order valence-corrected chi connectivity index (χ4v) is 6.08. The summed E-state index contributed by atoms with van der Waals surface area (Å²) >= 11 is -11.2. The van der Waals surface area contributed by atoms with Gasteiger partial charge in [0, 0.05) is 12.8 Å². The molecule has 0 bridgehead atoms. The second-order valence-electron chi connectivity index (χ2n) is 7.62. The van der Waals surface area contributed by atoms with Crippen molar-refractivity contribution in [1.29, 1.82) is 0 Å². The van der Waals surface area contributed by atoms with E-state index in [1.807, 2.05) is 0 Å². The molecule has 0 spiro atoms. The summed E-state index contributed by atoms with van der Waals surface area (Å²) in [5, 5.41) is 0.411. The third-order valence-electron chi connectivity index (χ3n) is 4.04. The molecule has 220 valence electrons. The van der Waals surface area contributed by atoms with E-state index in [4.69, 9.17) is 13.0 Å². The van der Waals surface area contributed by atoms with Gasteiger partial charge in [0.15, 0.2) is 28.3 Å². The van der Waals surface area contributed by atoms with Gasteiger partial charge in [0.2, 0.25) is 0 Å². The Kier molecular flexibility index (Phi) is 14.0. The smallest absolute Gasteiger partial charge is 0.0619 e. The number of benzene rings is 2. The normalized spacial score (nSPS) is 17.8. The molecular formula is C21H25F9IO4S2Sb. The molecule has 1 fully saturated rings. The van der Waals surface area contributed by atoms with E-state index in [0.29, 0.717) is 21.9 Å². The van der Waals surface area contributed by atoms with Crippen molar-refractivity contribution in [2.24, 2.45) is 0 Å². The van der Waals surface area contributed by atoms with Crippen molar-refractivity contribution in [1.82, 2.24) is 0 Å². The van der Waals surface area contributed by atoms with Gasteiger partial charge in [0.1, 0.15) is 0 Å². The zero-order chi connectivity index (χ0) is 29.9. The Bertz CT molecular complexity index is 1050. The molecule has 0 amide bonds. The van der Waals surface area contributed by atoms with Crippen molar-refractivity contribution in [3.05, 3.63) is 67.8 Å². The average Bonchev–Trinajstić information content (AvgIpc) is 2.73. The Morgan fingerprint density at radius 1 is 0.842 bits per heavy atom. The number of carbonyl (C=O) groups excluding carboxylic acids is 1. The van der Waals surface area contributed by atoms with Crippen LogP contribution in [0.3, 0.4) is 0 Å². The number of rotatable bonds is 3. The average molecular weight is 825 g/mol. The summed E-state index contributed by atoms with van der Waals surface area (Å²) in [5.41, 5.74) is -5.65. The fourth-order valence-electron chi connectivity index (χ4n) is 2.53. The maximum atomic E-state index is 11.2. The van der Waals surface area contributed by atoms with Crippen molar-refractivity contribution in [3.63, 3.8) is 0 Å². The summed E-state index contributed by atoms with van der Waals surface area (Å²) in [5.74, 6) is 0.514. The first-order valence-corrected chi connectivity index (χ1v) is 21.8. The number of halogens is 10. The van der Waals surface area contributed by atoms with Gasteiger partial charge in [0.25, 0.3) is 0 Å². The van der Waals surface area contributed by atoms with E-state index in [0.717, 1.165) is 19.3 Å². The molecule has 17 heteroatoms. The van der Waals surface area contributed by atoms with Gasteiger partial charge >= 0.3 is 63.1 Å². The Balaban J connectivity index is 0.000000497. The van der Waals surface area contributed by atoms with E-state index in [1.165, 1.54) is 13.6 Å². The van der Waals surface area contributed by atoms with Crippen LogP contribution in [0.5, 0.6) is 0 Å². The van der Waals surface area contributed by atoms with E-state index in [1.54, 1.807) is 0 Å². The van der Waals surface area contributed by atoms with E-state index in [-0.39, 0.29) is 21.2 Å². The molecule has 1 unspecified atom stereocenters. The molecule has 0 N–H and O–H groups in total. The quantitative estimate of drug-likeness (QED) is 0.119. The van der Waals surface area contributed by atoms with Crippen molar-refractivity contribution in [2.75, 3.05) is 12.5 Å². The number of hydrogen-bond acceptors (Lipinski definition) is 4. The van der Waals surface area contributed by atoms with Crippen LogP contribution in [0.25, 0.3) is 0 Å². The first-order chi connectivity index (χ1) is 16.9. The van der Waals surface area contributed by atoms with E-state index < -0.39 is 35.1 Å². The standard InChI is InChI=1S/C12H10I.C8H15OS.CHF3O3S.6FH.Sb/c1-3-7-11(8-4-1)13-12-9-5-2-6-10-12;1-10(2)8-6-4-3-5-7(8)9;2-1(3,4)8(5,6)7;;;;;;;/h1-10H;8H,3-6H2,1-2H3;(H,5,6,7);6*1H;/q2*+1;;;;;;;;+5/p-7. The number of alkyl halides is 3. The second kappa shape index (κ2) is 14.3. The number of carbonyl (C=O) groups is 1. The summed E-state index contributed by atoms with van der Waals surface area (Å²) < 4.78 is 121. The minimum Gasteiger partial charge on any atom is -0.0619 e. The maximum Gasteiger partial charge on any atom is 0.357 e. The van der Waals surface area contributed by atoms with Crippen LogP contribution in [0.2, 0.25) is 0 Å². The van der Waals surface area contributed by atoms with Crippen molar-refractivity contribution >= 4 is 46.3 Å². The SMILES string of the molecule is C[S+](C)C1CCCCC1=O.O=S(=O)([O-])C(F)(F)F.[F][Sb-]([F])([F])([F])([F])[F].c1ccc([I+]c2ccccc2)cc1. The van der Waals surface area contributed by atoms with Gasteiger partial charge in [-0.2, -0.15) is 13.2 Å². The summed E-state index contributed by atoms with van der Waals surface area (Å²) in [4.78, 5) is 11.2. The molecule has 1 aliphatic carbocycles. The van der Waals surface area contributed by atoms with Gasteiger partial charge in [-0.15, -0.1) is 0 Å². The zero-order valence-corrected chi connectivity index (χ0v) is 26.2. The fraction of sp³-hybridized carbons (Fsp3) is 0.381. The number of ketones is 1. The molecule has 1 atom stereocenters. The Hall–Kier alpha value is -0.712. The van der Waals surface area contributed by atoms with Crippen LogP contribution < -0.4 is 21.2 Å². The summed E-state index contributed by atoms with van der Waals surface area (Å²) in [7, 11) is -5.77. The van der Waals surface area contributed by atoms with Crippen LogP contribution in [0, 0.1) is 7.14 Å². The van der Waals surface area contributed by atoms with Crippen LogP contribution in [0.4, 0.5) is 30.0 Å². The second-order valence-corrected chi connectivity index (χ2v) is 19.8. The van der Waals surface area contributed by atoms with Crippen LogP contribution in [0.1, 0.15) is 25.7 Å². The Labute approximate surface area is 230 Å². The maximum absolute atomic E-state index is 11.2. The molecule has 0 aromatic heterocycles. The molecule has 2 aromatic carbocycles. The van der Waals surface area contributed by atoms with Crippen LogP contribution >= 0.6 is 0 Å². The molecular weight excluding hydrogens is 800 g/mol. The van der Waals surface area contributed by atoms with Gasteiger partial charge < -0.3 is 4.55 Å². The summed E-state index contributed by atoms with van der Waals surface area (Å²) in [6, 6.07) is 21.4. The summed E-state index contributed by atoms with van der Waals surface area (Å²) in [6.45, 7) is 0. The number of hydrogen-bond donors (Lipinski definition) is 0. The molecule has 0 radical (unpaired) electrons. The Morgan fingerprint density at radius 3 is 1.42 bits per heavy atom. The topological polar surface area (TPSA) is 74.3 Å². The van der Waals surface area contributed by atoms with Crippen LogP contribution in [0.15, 0.2) is 60.7 Å². The summed E-state index contributed by atoms with van der Waals surface area (Å²) in [6.07, 6.45) is 8.74. The van der Waals surface area contributed by atoms with Gasteiger partial charge in [-0.05, 0) is 48.0 Å². The zero-order valence-electron chi connectivity index (χ0n) is 19.9. The van der Waals surface area contributed by atoms with E-state index in [9.17, 15) is 34.8 Å². The van der Waals surface area contributed by atoms with Gasteiger partial charge in [-0.3, -0.25) is 4.79 Å². The van der Waals surface area contributed by atoms with E-state index >= 15 is 0 Å². The third kappa shape index (κ3) is 22.1. The molecule has 1 aliphatic rings. The predicted octanol–water partition coefficient (Wildman–Crippen LogP) is 3.38. The third-order valence-corrected chi connectivity index (χ3v) is 8.92. The Morgan fingerprint density at radius 2 is 1.18 bits per heavy atom. The molecule has 0 saturated heterocycles. The minimum absolute atomic E-state index is 0.0287. The molecule has 3 rings (SSSR count). The molecule has 0 heterocycles. The first-order valence-electron chi connectivity index (χ1n) is 10.3. The first kappa shape index (κ1) is 37.3. The molecule has 4 nitrogen and oxygen atoms in total. The van der Waals surface area contributed by atoms with Crippen molar-refractivity contribution in [3.8, 4) is 0 Å². The van der Waals surface area contributed by atoms with Gasteiger partial charge in [0.05, 0.1) is 12.5 Å². The molecule has 0 aliphatic heterocycles. The van der Waals surface area contributed by atoms with Gasteiger partial charge in [-0.1, -0.05) is 36.4 Å².